The molecular weight excluding hydrogens is 500 g/mol. The van der Waals surface area contributed by atoms with E-state index in [1.807, 2.05) is 75.4 Å². The fraction of sp³-hybridized carbons (Fsp3) is 0.375. The summed E-state index contributed by atoms with van der Waals surface area (Å²) >= 11 is 0. The zero-order valence-corrected chi connectivity index (χ0v) is 23.5. The molecule has 0 radical (unpaired) electrons. The first-order chi connectivity index (χ1) is 19.3. The van der Waals surface area contributed by atoms with Crippen molar-refractivity contribution in [2.45, 2.75) is 64.6 Å². The zero-order chi connectivity index (χ0) is 28.1. The van der Waals surface area contributed by atoms with Crippen molar-refractivity contribution in [3.05, 3.63) is 89.4 Å². The average molecular weight is 539 g/mol. The lowest BCUT2D eigenvalue weighted by atomic mass is 9.84. The first kappa shape index (κ1) is 27.5. The van der Waals surface area contributed by atoms with Crippen molar-refractivity contribution >= 4 is 28.5 Å². The van der Waals surface area contributed by atoms with Crippen LogP contribution in [0.2, 0.25) is 0 Å². The zero-order valence-electron chi connectivity index (χ0n) is 23.5. The first-order valence-electron chi connectivity index (χ1n) is 14.1. The topological polar surface area (TPSA) is 112 Å². The fourth-order valence-electron chi connectivity index (χ4n) is 5.58. The third-order valence-electron chi connectivity index (χ3n) is 7.94. The number of nitrogens with zero attached hydrogens (tertiary/aromatic N) is 2. The van der Waals surface area contributed by atoms with Gasteiger partial charge in [-0.1, -0.05) is 54.6 Å². The van der Waals surface area contributed by atoms with Crippen molar-refractivity contribution in [1.82, 2.24) is 25.6 Å². The van der Waals surface area contributed by atoms with E-state index in [-0.39, 0.29) is 11.7 Å². The maximum absolute atomic E-state index is 13.4. The van der Waals surface area contributed by atoms with Crippen LogP contribution >= 0.6 is 0 Å². The number of rotatable bonds is 10. The van der Waals surface area contributed by atoms with Gasteiger partial charge in [0.2, 0.25) is 5.91 Å². The number of fused-ring (bicyclic) bond motifs is 1. The van der Waals surface area contributed by atoms with E-state index in [0.717, 1.165) is 48.7 Å². The minimum absolute atomic E-state index is 0.00970. The molecule has 1 aliphatic rings. The van der Waals surface area contributed by atoms with Crippen molar-refractivity contribution in [1.29, 1.82) is 0 Å². The van der Waals surface area contributed by atoms with Crippen LogP contribution in [0.5, 0.6) is 0 Å². The number of nitrogens with one attached hydrogen (secondary N) is 4. The van der Waals surface area contributed by atoms with Gasteiger partial charge in [0.25, 0.3) is 0 Å². The molecular formula is C32H38N6O2. The van der Waals surface area contributed by atoms with E-state index in [9.17, 15) is 9.59 Å². The minimum atomic E-state index is -0.647. The first-order valence-corrected chi connectivity index (χ1v) is 14.1. The van der Waals surface area contributed by atoms with Crippen molar-refractivity contribution in [3.63, 3.8) is 0 Å². The van der Waals surface area contributed by atoms with Gasteiger partial charge >= 0.3 is 0 Å². The van der Waals surface area contributed by atoms with Gasteiger partial charge in [0.1, 0.15) is 17.8 Å². The standard InChI is InChI=1S/C32H38N6O2/c1-21-9-7-8-12-25(21)28(39)26-19-34-30-27(26)29(36-20-37-30)33-17-23-13-15-24(16-14-23)38-32(2,3)31(40)35-18-22-10-5-4-6-11-22/h4-12,19-20,23-24,38H,13-18H2,1-3H3,(H,35,40)(H2,33,34,36,37)/t23-,24+. The predicted molar refractivity (Wildman–Crippen MR) is 158 cm³/mol. The van der Waals surface area contributed by atoms with Gasteiger partial charge in [-0.15, -0.1) is 0 Å². The molecule has 0 unspecified atom stereocenters. The molecule has 0 saturated heterocycles. The van der Waals surface area contributed by atoms with Crippen molar-refractivity contribution in [2.75, 3.05) is 11.9 Å². The number of hydrogen-bond donors (Lipinski definition) is 4. The second-order valence-electron chi connectivity index (χ2n) is 11.3. The number of aromatic amines is 1. The van der Waals surface area contributed by atoms with Crippen LogP contribution < -0.4 is 16.0 Å². The number of hydrogen-bond acceptors (Lipinski definition) is 6. The molecule has 8 heteroatoms. The van der Waals surface area contributed by atoms with Crippen LogP contribution in [-0.4, -0.2) is 44.8 Å². The van der Waals surface area contributed by atoms with E-state index in [1.165, 1.54) is 6.33 Å². The molecule has 0 bridgehead atoms. The van der Waals surface area contributed by atoms with Crippen LogP contribution in [0.1, 0.15) is 66.6 Å². The molecule has 0 spiro atoms. The second kappa shape index (κ2) is 12.0. The molecule has 5 rings (SSSR count). The summed E-state index contributed by atoms with van der Waals surface area (Å²) in [6.07, 6.45) is 7.35. The molecule has 1 fully saturated rings. The molecule has 8 nitrogen and oxygen atoms in total. The number of amides is 1. The van der Waals surface area contributed by atoms with E-state index in [4.69, 9.17) is 0 Å². The smallest absolute Gasteiger partial charge is 0.240 e. The highest BCUT2D eigenvalue weighted by atomic mass is 16.2. The number of H-pyrrole nitrogens is 1. The summed E-state index contributed by atoms with van der Waals surface area (Å²) in [5, 5.41) is 10.9. The highest BCUT2D eigenvalue weighted by Gasteiger charge is 2.32. The van der Waals surface area contributed by atoms with E-state index in [2.05, 4.69) is 30.9 Å². The summed E-state index contributed by atoms with van der Waals surface area (Å²) in [6, 6.07) is 17.9. The van der Waals surface area contributed by atoms with Crippen LogP contribution in [0.4, 0.5) is 5.82 Å². The number of carbonyl (C=O) groups excluding carboxylic acids is 2. The summed E-state index contributed by atoms with van der Waals surface area (Å²) in [4.78, 5) is 38.2. The molecule has 1 saturated carbocycles. The summed E-state index contributed by atoms with van der Waals surface area (Å²) in [7, 11) is 0. The van der Waals surface area contributed by atoms with Crippen molar-refractivity contribution in [3.8, 4) is 0 Å². The van der Waals surface area contributed by atoms with Crippen molar-refractivity contribution < 1.29 is 9.59 Å². The number of carbonyl (C=O) groups is 2. The minimum Gasteiger partial charge on any atom is -0.369 e. The molecule has 2 aromatic carbocycles. The molecule has 40 heavy (non-hydrogen) atoms. The number of aromatic nitrogens is 3. The number of aryl methyl sites for hydroxylation is 1. The third-order valence-corrected chi connectivity index (χ3v) is 7.94. The van der Waals surface area contributed by atoms with Crippen LogP contribution in [0, 0.1) is 12.8 Å². The number of ketones is 1. The molecule has 0 aliphatic heterocycles. The van der Waals surface area contributed by atoms with Crippen molar-refractivity contribution in [2.24, 2.45) is 5.92 Å². The molecule has 1 aliphatic carbocycles. The molecule has 2 aromatic heterocycles. The molecule has 2 heterocycles. The van der Waals surface area contributed by atoms with Crippen LogP contribution in [0.15, 0.2) is 67.1 Å². The lowest BCUT2D eigenvalue weighted by Crippen LogP contribution is -2.56. The fourth-order valence-corrected chi connectivity index (χ4v) is 5.58. The monoisotopic (exact) mass is 538 g/mol. The normalized spacial score (nSPS) is 17.5. The van der Waals surface area contributed by atoms with Gasteiger partial charge in [0.15, 0.2) is 5.78 Å². The van der Waals surface area contributed by atoms with E-state index in [1.54, 1.807) is 6.20 Å². The molecule has 1 amide bonds. The van der Waals surface area contributed by atoms with E-state index in [0.29, 0.717) is 41.1 Å². The van der Waals surface area contributed by atoms with Crippen LogP contribution in [-0.2, 0) is 11.3 Å². The van der Waals surface area contributed by atoms with Gasteiger partial charge in [0, 0.05) is 30.9 Å². The number of benzene rings is 2. The Bertz CT molecular complexity index is 1470. The largest absolute Gasteiger partial charge is 0.369 e. The lowest BCUT2D eigenvalue weighted by Gasteiger charge is -2.35. The van der Waals surface area contributed by atoms with Gasteiger partial charge in [-0.25, -0.2) is 9.97 Å². The Balaban J connectivity index is 1.16. The van der Waals surface area contributed by atoms with Crippen LogP contribution in [0.3, 0.4) is 0 Å². The Hall–Kier alpha value is -4.04. The molecule has 208 valence electrons. The van der Waals surface area contributed by atoms with E-state index >= 15 is 0 Å². The van der Waals surface area contributed by atoms with Gasteiger partial charge in [0.05, 0.1) is 16.5 Å². The Morgan fingerprint density at radius 3 is 2.42 bits per heavy atom. The molecule has 0 atom stereocenters. The van der Waals surface area contributed by atoms with Gasteiger partial charge < -0.3 is 20.9 Å². The Labute approximate surface area is 235 Å². The highest BCUT2D eigenvalue weighted by molar-refractivity contribution is 6.18. The van der Waals surface area contributed by atoms with Gasteiger partial charge in [-0.05, 0) is 63.5 Å². The Kier molecular flexibility index (Phi) is 8.26. The maximum Gasteiger partial charge on any atom is 0.240 e. The Morgan fingerprint density at radius 2 is 1.68 bits per heavy atom. The SMILES string of the molecule is Cc1ccccc1C(=O)c1c[nH]c2ncnc(NC[C@H]3CC[C@@H](NC(C)(C)C(=O)NCc4ccccc4)CC3)c12. The maximum atomic E-state index is 13.4. The quantitative estimate of drug-likeness (QED) is 0.208. The highest BCUT2D eigenvalue weighted by Crippen LogP contribution is 2.29. The van der Waals surface area contributed by atoms with Gasteiger partial charge in [-0.3, -0.25) is 9.59 Å². The summed E-state index contributed by atoms with van der Waals surface area (Å²) in [5.41, 5.74) is 3.29. The lowest BCUT2D eigenvalue weighted by molar-refractivity contribution is -0.127. The number of anilines is 1. The average Bonchev–Trinajstić information content (AvgIpc) is 3.41. The summed E-state index contributed by atoms with van der Waals surface area (Å²) in [5.74, 6) is 1.13. The van der Waals surface area contributed by atoms with E-state index < -0.39 is 5.54 Å². The summed E-state index contributed by atoms with van der Waals surface area (Å²) < 4.78 is 0. The van der Waals surface area contributed by atoms with Crippen LogP contribution in [0.25, 0.3) is 11.0 Å². The predicted octanol–water partition coefficient (Wildman–Crippen LogP) is 5.15. The second-order valence-corrected chi connectivity index (χ2v) is 11.3. The molecule has 4 aromatic rings. The Morgan fingerprint density at radius 1 is 0.950 bits per heavy atom. The van der Waals surface area contributed by atoms with Gasteiger partial charge in [-0.2, -0.15) is 0 Å². The third kappa shape index (κ3) is 6.23. The summed E-state index contributed by atoms with van der Waals surface area (Å²) in [6.45, 7) is 7.14. The molecule has 4 N–H and O–H groups in total.